The molecule has 0 amide bonds. The molecular formula is C10H14ClNO3S. The average molecular weight is 264 g/mol. The van der Waals surface area contributed by atoms with Crippen molar-refractivity contribution in [2.24, 2.45) is 0 Å². The van der Waals surface area contributed by atoms with Crippen molar-refractivity contribution in [1.82, 2.24) is 5.32 Å². The van der Waals surface area contributed by atoms with E-state index in [1.54, 1.807) is 18.2 Å². The zero-order valence-corrected chi connectivity index (χ0v) is 10.5. The molecule has 0 unspecified atom stereocenters. The van der Waals surface area contributed by atoms with Crippen LogP contribution in [-0.2, 0) is 16.4 Å². The van der Waals surface area contributed by atoms with Gasteiger partial charge in [0.1, 0.15) is 15.6 Å². The highest BCUT2D eigenvalue weighted by Crippen LogP contribution is 2.26. The van der Waals surface area contributed by atoms with E-state index in [4.69, 9.17) is 11.6 Å². The molecule has 0 radical (unpaired) electrons. The monoisotopic (exact) mass is 263 g/mol. The molecular weight excluding hydrogens is 250 g/mol. The Kier molecular flexibility index (Phi) is 4.58. The molecule has 0 saturated heterocycles. The Morgan fingerprint density at radius 2 is 2.12 bits per heavy atom. The van der Waals surface area contributed by atoms with Crippen molar-refractivity contribution >= 4 is 21.4 Å². The van der Waals surface area contributed by atoms with Crippen molar-refractivity contribution in [2.45, 2.75) is 6.54 Å². The second kappa shape index (κ2) is 5.52. The van der Waals surface area contributed by atoms with E-state index in [1.807, 2.05) is 0 Å². The maximum absolute atomic E-state index is 10.9. The number of nitrogens with one attached hydrogen (secondary N) is 1. The minimum atomic E-state index is -2.95. The summed E-state index contributed by atoms with van der Waals surface area (Å²) < 4.78 is 21.7. The molecule has 16 heavy (non-hydrogen) atoms. The number of halogens is 1. The first-order valence-corrected chi connectivity index (χ1v) is 7.19. The molecule has 0 spiro atoms. The SMILES string of the molecule is CS(=O)(=O)CCNCc1cccc(Cl)c1O. The van der Waals surface area contributed by atoms with Crippen molar-refractivity contribution < 1.29 is 13.5 Å². The number of phenols is 1. The number of phenolic OH excluding ortho intramolecular Hbond substituents is 1. The Labute approximate surface area is 100 Å². The van der Waals surface area contributed by atoms with E-state index >= 15 is 0 Å². The molecule has 1 rings (SSSR count). The first-order valence-electron chi connectivity index (χ1n) is 4.75. The quantitative estimate of drug-likeness (QED) is 0.783. The van der Waals surface area contributed by atoms with Gasteiger partial charge in [-0.2, -0.15) is 0 Å². The molecule has 2 N–H and O–H groups in total. The summed E-state index contributed by atoms with van der Waals surface area (Å²) in [7, 11) is -2.95. The van der Waals surface area contributed by atoms with Crippen molar-refractivity contribution in [3.05, 3.63) is 28.8 Å². The van der Waals surface area contributed by atoms with E-state index in [2.05, 4.69) is 5.32 Å². The van der Waals surface area contributed by atoms with E-state index in [1.165, 1.54) is 6.26 Å². The average Bonchev–Trinajstić information content (AvgIpc) is 2.17. The largest absolute Gasteiger partial charge is 0.506 e. The molecule has 6 heteroatoms. The summed E-state index contributed by atoms with van der Waals surface area (Å²) in [5.74, 6) is 0.116. The van der Waals surface area contributed by atoms with Crippen LogP contribution >= 0.6 is 11.6 Å². The number of para-hydroxylation sites is 1. The van der Waals surface area contributed by atoms with Gasteiger partial charge in [0, 0.05) is 24.9 Å². The molecule has 0 saturated carbocycles. The third-order valence-corrected chi connectivity index (χ3v) is 3.29. The predicted octanol–water partition coefficient (Wildman–Crippen LogP) is 1.18. The molecule has 0 atom stereocenters. The van der Waals surface area contributed by atoms with Crippen molar-refractivity contribution in [2.75, 3.05) is 18.6 Å². The smallest absolute Gasteiger partial charge is 0.148 e. The van der Waals surface area contributed by atoms with Gasteiger partial charge in [-0.1, -0.05) is 23.7 Å². The van der Waals surface area contributed by atoms with E-state index in [0.29, 0.717) is 23.7 Å². The Balaban J connectivity index is 2.47. The van der Waals surface area contributed by atoms with Gasteiger partial charge in [0.15, 0.2) is 0 Å². The van der Waals surface area contributed by atoms with Gasteiger partial charge in [-0.15, -0.1) is 0 Å². The summed E-state index contributed by atoms with van der Waals surface area (Å²) in [4.78, 5) is 0. The van der Waals surface area contributed by atoms with Gasteiger partial charge in [0.25, 0.3) is 0 Å². The van der Waals surface area contributed by atoms with Crippen molar-refractivity contribution in [1.29, 1.82) is 0 Å². The van der Waals surface area contributed by atoms with Crippen LogP contribution in [0.3, 0.4) is 0 Å². The molecule has 90 valence electrons. The van der Waals surface area contributed by atoms with E-state index < -0.39 is 9.84 Å². The highest BCUT2D eigenvalue weighted by molar-refractivity contribution is 7.90. The Hall–Kier alpha value is -0.780. The minimum absolute atomic E-state index is 0.0380. The predicted molar refractivity (Wildman–Crippen MR) is 64.5 cm³/mol. The molecule has 0 aliphatic heterocycles. The molecule has 0 bridgehead atoms. The van der Waals surface area contributed by atoms with Crippen LogP contribution in [0.2, 0.25) is 5.02 Å². The second-order valence-corrected chi connectivity index (χ2v) is 6.22. The van der Waals surface area contributed by atoms with Crippen molar-refractivity contribution in [3.63, 3.8) is 0 Å². The molecule has 0 aromatic heterocycles. The van der Waals surface area contributed by atoms with Gasteiger partial charge in [-0.25, -0.2) is 8.42 Å². The van der Waals surface area contributed by atoms with Gasteiger partial charge in [0.2, 0.25) is 0 Å². The first kappa shape index (κ1) is 13.3. The van der Waals surface area contributed by atoms with Crippen LogP contribution in [0.4, 0.5) is 0 Å². The van der Waals surface area contributed by atoms with Crippen LogP contribution in [0, 0.1) is 0 Å². The van der Waals surface area contributed by atoms with Crippen LogP contribution in [0.15, 0.2) is 18.2 Å². The number of hydrogen-bond acceptors (Lipinski definition) is 4. The van der Waals surface area contributed by atoms with Crippen molar-refractivity contribution in [3.8, 4) is 5.75 Å². The lowest BCUT2D eigenvalue weighted by molar-refractivity contribution is 0.465. The Morgan fingerprint density at radius 1 is 1.44 bits per heavy atom. The Morgan fingerprint density at radius 3 is 2.75 bits per heavy atom. The number of hydrogen-bond donors (Lipinski definition) is 2. The number of rotatable bonds is 5. The standard InChI is InChI=1S/C10H14ClNO3S/c1-16(14,15)6-5-12-7-8-3-2-4-9(11)10(8)13/h2-4,12-13H,5-7H2,1H3. The topological polar surface area (TPSA) is 66.4 Å². The zero-order valence-electron chi connectivity index (χ0n) is 8.90. The highest BCUT2D eigenvalue weighted by Gasteiger charge is 2.05. The third kappa shape index (κ3) is 4.38. The molecule has 1 aromatic carbocycles. The fraction of sp³-hybridized carbons (Fsp3) is 0.400. The summed E-state index contributed by atoms with van der Waals surface area (Å²) in [5.41, 5.74) is 0.654. The molecule has 0 fully saturated rings. The van der Waals surface area contributed by atoms with E-state index in [-0.39, 0.29) is 11.5 Å². The maximum Gasteiger partial charge on any atom is 0.148 e. The Bertz CT molecular complexity index is 459. The lowest BCUT2D eigenvalue weighted by atomic mass is 10.2. The van der Waals surface area contributed by atoms with Gasteiger partial charge < -0.3 is 10.4 Å². The highest BCUT2D eigenvalue weighted by atomic mass is 35.5. The first-order chi connectivity index (χ1) is 7.40. The van der Waals surface area contributed by atoms with Crippen LogP contribution in [0.25, 0.3) is 0 Å². The van der Waals surface area contributed by atoms with Gasteiger partial charge in [-0.05, 0) is 6.07 Å². The normalized spacial score (nSPS) is 11.6. The lowest BCUT2D eigenvalue weighted by Gasteiger charge is -2.07. The minimum Gasteiger partial charge on any atom is -0.506 e. The molecule has 0 aliphatic rings. The number of aromatic hydroxyl groups is 1. The van der Waals surface area contributed by atoms with Crippen LogP contribution < -0.4 is 5.32 Å². The lowest BCUT2D eigenvalue weighted by Crippen LogP contribution is -2.21. The van der Waals surface area contributed by atoms with Gasteiger partial charge >= 0.3 is 0 Å². The fourth-order valence-electron chi connectivity index (χ4n) is 1.18. The number of benzene rings is 1. The van der Waals surface area contributed by atoms with Crippen LogP contribution in [0.5, 0.6) is 5.75 Å². The summed E-state index contributed by atoms with van der Waals surface area (Å²) in [6.45, 7) is 0.743. The van der Waals surface area contributed by atoms with E-state index in [9.17, 15) is 13.5 Å². The second-order valence-electron chi connectivity index (χ2n) is 3.55. The summed E-state index contributed by atoms with van der Waals surface area (Å²) in [5, 5.41) is 12.8. The summed E-state index contributed by atoms with van der Waals surface area (Å²) >= 11 is 5.73. The number of sulfone groups is 1. The zero-order chi connectivity index (χ0) is 12.2. The molecule has 4 nitrogen and oxygen atoms in total. The third-order valence-electron chi connectivity index (χ3n) is 2.04. The van der Waals surface area contributed by atoms with Crippen LogP contribution in [0.1, 0.15) is 5.56 Å². The summed E-state index contributed by atoms with van der Waals surface area (Å²) in [6.07, 6.45) is 1.19. The maximum atomic E-state index is 10.9. The summed E-state index contributed by atoms with van der Waals surface area (Å²) in [6, 6.07) is 5.06. The fourth-order valence-corrected chi connectivity index (χ4v) is 1.89. The van der Waals surface area contributed by atoms with Gasteiger partial charge in [-0.3, -0.25) is 0 Å². The van der Waals surface area contributed by atoms with Crippen LogP contribution in [-0.4, -0.2) is 32.1 Å². The van der Waals surface area contributed by atoms with E-state index in [0.717, 1.165) is 0 Å². The molecule has 0 aliphatic carbocycles. The van der Waals surface area contributed by atoms with Gasteiger partial charge in [0.05, 0.1) is 10.8 Å². The molecule has 1 aromatic rings. The molecule has 0 heterocycles.